The Bertz CT molecular complexity index is 725. The van der Waals surface area contributed by atoms with Gasteiger partial charge < -0.3 is 85.3 Å². The van der Waals surface area contributed by atoms with Gasteiger partial charge in [0, 0.05) is 0 Å². The van der Waals surface area contributed by atoms with Gasteiger partial charge in [0.15, 0.2) is 0 Å². The van der Waals surface area contributed by atoms with Crippen molar-refractivity contribution < 1.29 is 85.3 Å². The Morgan fingerprint density at radius 1 is 0.543 bits per heavy atom. The molecule has 3 fully saturated rings. The molecule has 0 spiro atoms. The van der Waals surface area contributed by atoms with Crippen LogP contribution in [0.4, 0.5) is 0 Å². The van der Waals surface area contributed by atoms with Crippen LogP contribution in [0.25, 0.3) is 0 Å². The highest BCUT2D eigenvalue weighted by atomic mass is 16.9. The van der Waals surface area contributed by atoms with Gasteiger partial charge in [-0.3, -0.25) is 0 Å². The molecular formula is C18H32O17. The van der Waals surface area contributed by atoms with E-state index in [1.54, 1.807) is 0 Å². The topological polar surface area (TPSA) is 300 Å². The molecule has 35 heavy (non-hydrogen) atoms. The Balaban J connectivity index is 2.21. The van der Waals surface area contributed by atoms with Gasteiger partial charge in [-0.15, -0.1) is 0 Å². The molecule has 0 aromatic carbocycles. The zero-order valence-electron chi connectivity index (χ0n) is 18.1. The van der Waals surface area contributed by atoms with Crippen LogP contribution in [0.2, 0.25) is 0 Å². The number of hydrogen-bond acceptors (Lipinski definition) is 17. The molecule has 206 valence electrons. The van der Waals surface area contributed by atoms with E-state index in [1.807, 2.05) is 0 Å². The van der Waals surface area contributed by atoms with Crippen LogP contribution < -0.4 is 0 Å². The molecule has 14 atom stereocenters. The molecule has 0 aromatic rings. The summed E-state index contributed by atoms with van der Waals surface area (Å²) >= 11 is 0. The smallest absolute Gasteiger partial charge is 0.259 e. The van der Waals surface area contributed by atoms with Crippen LogP contribution in [-0.4, -0.2) is 177 Å². The molecule has 17 nitrogen and oxygen atoms in total. The van der Waals surface area contributed by atoms with Crippen LogP contribution in [0.1, 0.15) is 0 Å². The number of aliphatic hydroxyl groups is 13. The van der Waals surface area contributed by atoms with Crippen molar-refractivity contribution in [2.45, 2.75) is 84.5 Å². The van der Waals surface area contributed by atoms with Gasteiger partial charge >= 0.3 is 0 Å². The van der Waals surface area contributed by atoms with E-state index in [9.17, 15) is 66.4 Å². The summed E-state index contributed by atoms with van der Waals surface area (Å²) in [6.07, 6.45) is -23.7. The molecule has 0 aromatic heterocycles. The fourth-order valence-corrected chi connectivity index (χ4v) is 4.55. The Kier molecular flexibility index (Phi) is 8.45. The summed E-state index contributed by atoms with van der Waals surface area (Å²) < 4.78 is 21.2. The standard InChI is InChI=1S/C18H32O17/c19-1-5-8(23)11(26)14(29)17(31,33-5)18(15(30)12(27)9(24)6(2-20)34-18)35-16(4-22)13(28)10(25)7(3-21)32-16/h5-15,19-31H,1-4H2/t5-,6-,7-,8-,9-,10-,11+,12+,13+,14-,15-,16?,17?,18-/m1/s1. The lowest BCUT2D eigenvalue weighted by Crippen LogP contribution is -2.83. The van der Waals surface area contributed by atoms with E-state index in [-0.39, 0.29) is 0 Å². The molecule has 3 aliphatic rings. The number of rotatable bonds is 7. The summed E-state index contributed by atoms with van der Waals surface area (Å²) in [6, 6.07) is 0. The van der Waals surface area contributed by atoms with Gasteiger partial charge in [-0.1, -0.05) is 0 Å². The molecule has 17 heteroatoms. The number of ether oxygens (including phenoxy) is 4. The summed E-state index contributed by atoms with van der Waals surface area (Å²) in [6.45, 7) is -4.53. The van der Waals surface area contributed by atoms with E-state index < -0.39 is 111 Å². The first-order valence-corrected chi connectivity index (χ1v) is 10.6. The first kappa shape index (κ1) is 28.9. The normalized spacial score (nSPS) is 55.3. The third-order valence-electron chi connectivity index (χ3n) is 6.65. The van der Waals surface area contributed by atoms with Crippen LogP contribution in [0.15, 0.2) is 0 Å². The van der Waals surface area contributed by atoms with E-state index in [0.717, 1.165) is 0 Å². The lowest BCUT2D eigenvalue weighted by Gasteiger charge is -2.59. The molecule has 13 N–H and O–H groups in total. The summed E-state index contributed by atoms with van der Waals surface area (Å²) in [7, 11) is 0. The molecule has 3 rings (SSSR count). The minimum atomic E-state index is -3.60. The average Bonchev–Trinajstić information content (AvgIpc) is 3.10. The predicted octanol–water partition coefficient (Wildman–Crippen LogP) is -8.86. The van der Waals surface area contributed by atoms with E-state index in [2.05, 4.69) is 0 Å². The van der Waals surface area contributed by atoms with Gasteiger partial charge in [-0.25, -0.2) is 0 Å². The van der Waals surface area contributed by atoms with Crippen LogP contribution in [0, 0.1) is 0 Å². The summed E-state index contributed by atoms with van der Waals surface area (Å²) in [5, 5.41) is 133. The van der Waals surface area contributed by atoms with Crippen LogP contribution in [0.3, 0.4) is 0 Å². The average molecular weight is 520 g/mol. The van der Waals surface area contributed by atoms with Gasteiger partial charge in [0.2, 0.25) is 5.79 Å². The Hall–Kier alpha value is -0.680. The minimum absolute atomic E-state index is 0.929. The predicted molar refractivity (Wildman–Crippen MR) is 103 cm³/mol. The Morgan fingerprint density at radius 3 is 1.46 bits per heavy atom. The molecule has 0 saturated carbocycles. The Labute approximate surface area is 197 Å². The second-order valence-electron chi connectivity index (χ2n) is 8.74. The van der Waals surface area contributed by atoms with Gasteiger partial charge in [0.25, 0.3) is 11.6 Å². The Morgan fingerprint density at radius 2 is 1.00 bits per heavy atom. The lowest BCUT2D eigenvalue weighted by atomic mass is 9.80. The van der Waals surface area contributed by atoms with Gasteiger partial charge in [0.1, 0.15) is 73.8 Å². The van der Waals surface area contributed by atoms with E-state index in [0.29, 0.717) is 0 Å². The van der Waals surface area contributed by atoms with Crippen LogP contribution in [0.5, 0.6) is 0 Å². The van der Waals surface area contributed by atoms with Crippen molar-refractivity contribution in [3.63, 3.8) is 0 Å². The fourth-order valence-electron chi connectivity index (χ4n) is 4.55. The maximum absolute atomic E-state index is 11.5. The van der Waals surface area contributed by atoms with Gasteiger partial charge in [-0.05, 0) is 0 Å². The molecule has 3 saturated heterocycles. The largest absolute Gasteiger partial charge is 0.394 e. The highest BCUT2D eigenvalue weighted by Crippen LogP contribution is 2.49. The third-order valence-corrected chi connectivity index (χ3v) is 6.65. The molecule has 0 bridgehead atoms. The van der Waals surface area contributed by atoms with E-state index >= 15 is 0 Å². The SMILES string of the molecule is OC[C@H]1OC(CO)(O[C@]2(C3(O)O[C@H](CO)[C@@H](O)[C@H](O)[C@H]3O)O[C@H](CO)[C@@H](O)[C@H](O)[C@H]2O)[C@@H](O)[C@@H]1O. The number of hydrogen-bond donors (Lipinski definition) is 13. The van der Waals surface area contributed by atoms with Crippen LogP contribution in [-0.2, 0) is 18.9 Å². The van der Waals surface area contributed by atoms with Crippen molar-refractivity contribution in [1.82, 2.24) is 0 Å². The second-order valence-corrected chi connectivity index (χ2v) is 8.74. The molecule has 2 unspecified atom stereocenters. The van der Waals surface area contributed by atoms with Crippen molar-refractivity contribution in [3.05, 3.63) is 0 Å². The van der Waals surface area contributed by atoms with E-state index in [1.165, 1.54) is 0 Å². The highest BCUT2D eigenvalue weighted by molar-refractivity contribution is 5.13. The molecule has 3 heterocycles. The third kappa shape index (κ3) is 4.19. The first-order chi connectivity index (χ1) is 16.3. The molecule has 0 radical (unpaired) electrons. The molecular weight excluding hydrogens is 488 g/mol. The lowest BCUT2D eigenvalue weighted by molar-refractivity contribution is -0.529. The minimum Gasteiger partial charge on any atom is -0.394 e. The van der Waals surface area contributed by atoms with Crippen molar-refractivity contribution in [1.29, 1.82) is 0 Å². The zero-order valence-corrected chi connectivity index (χ0v) is 18.1. The monoisotopic (exact) mass is 520 g/mol. The van der Waals surface area contributed by atoms with Crippen molar-refractivity contribution in [2.24, 2.45) is 0 Å². The first-order valence-electron chi connectivity index (χ1n) is 10.6. The summed E-state index contributed by atoms with van der Waals surface area (Å²) in [4.78, 5) is 0. The van der Waals surface area contributed by atoms with Crippen LogP contribution >= 0.6 is 0 Å². The highest BCUT2D eigenvalue weighted by Gasteiger charge is 2.75. The maximum Gasteiger partial charge on any atom is 0.259 e. The zero-order chi connectivity index (χ0) is 26.5. The number of aliphatic hydroxyl groups excluding tert-OH is 12. The maximum atomic E-state index is 11.5. The quantitative estimate of drug-likeness (QED) is 0.148. The fraction of sp³-hybridized carbons (Fsp3) is 1.00. The van der Waals surface area contributed by atoms with Crippen molar-refractivity contribution in [2.75, 3.05) is 26.4 Å². The summed E-state index contributed by atoms with van der Waals surface area (Å²) in [5.41, 5.74) is 0. The van der Waals surface area contributed by atoms with Gasteiger partial charge in [0.05, 0.1) is 19.8 Å². The molecule has 0 aliphatic carbocycles. The van der Waals surface area contributed by atoms with Crippen molar-refractivity contribution >= 4 is 0 Å². The summed E-state index contributed by atoms with van der Waals surface area (Å²) in [5.74, 6) is -9.97. The second kappa shape index (κ2) is 10.2. The van der Waals surface area contributed by atoms with Gasteiger partial charge in [-0.2, -0.15) is 0 Å². The molecule has 0 amide bonds. The van der Waals surface area contributed by atoms with E-state index in [4.69, 9.17) is 18.9 Å². The van der Waals surface area contributed by atoms with Crippen molar-refractivity contribution in [3.8, 4) is 0 Å². The molecule has 3 aliphatic heterocycles.